The highest BCUT2D eigenvalue weighted by Crippen LogP contribution is 2.44. The predicted molar refractivity (Wildman–Crippen MR) is 145 cm³/mol. The predicted octanol–water partition coefficient (Wildman–Crippen LogP) is 2.52. The quantitative estimate of drug-likeness (QED) is 0.267. The highest BCUT2D eigenvalue weighted by atomic mass is 29.3. The van der Waals surface area contributed by atoms with E-state index in [1.165, 1.54) is 0 Å². The van der Waals surface area contributed by atoms with E-state index in [1.807, 2.05) is 0 Å². The van der Waals surface area contributed by atoms with Crippen molar-refractivity contribution < 1.29 is 29.7 Å². The Balaban J connectivity index is 3.64. The largest absolute Gasteiger partial charge is 0.520 e. The molecule has 1 aliphatic rings. The van der Waals surface area contributed by atoms with Gasteiger partial charge in [0.1, 0.15) is 0 Å². The number of rotatable bonds is 12. The van der Waals surface area contributed by atoms with Crippen molar-refractivity contribution in [3.63, 3.8) is 0 Å². The van der Waals surface area contributed by atoms with Crippen LogP contribution in [0.1, 0.15) is 6.42 Å². The summed E-state index contributed by atoms with van der Waals surface area (Å²) in [4.78, 5) is 0. The Hall–Kier alpha value is 1.46. The zero-order valence-corrected chi connectivity index (χ0v) is 30.2. The molecule has 1 rings (SSSR count). The van der Waals surface area contributed by atoms with Crippen molar-refractivity contribution in [3.05, 3.63) is 0 Å². The zero-order valence-electron chi connectivity index (χ0n) is 21.2. The maximum Gasteiger partial charge on any atom is 0.520 e. The van der Waals surface area contributed by atoms with E-state index in [0.29, 0.717) is 6.42 Å². The second-order valence-electron chi connectivity index (χ2n) is 9.59. The minimum Gasteiger partial charge on any atom is -0.437 e. The number of hydrogen-bond donors (Lipinski definition) is 0. The molecule has 0 radical (unpaired) electrons. The van der Waals surface area contributed by atoms with E-state index in [9.17, 15) is 0 Å². The van der Waals surface area contributed by atoms with Gasteiger partial charge in [0, 0.05) is 12.5 Å². The molecule has 0 saturated carbocycles. The Morgan fingerprint density at radius 1 is 0.567 bits per heavy atom. The third-order valence-corrected chi connectivity index (χ3v) is 29.2. The highest BCUT2D eigenvalue weighted by molar-refractivity contribution is 7.33. The summed E-state index contributed by atoms with van der Waals surface area (Å²) in [6.07, 6.45) is 0.637. The summed E-state index contributed by atoms with van der Waals surface area (Å²) >= 11 is 0. The van der Waals surface area contributed by atoms with Crippen molar-refractivity contribution in [2.75, 3.05) is 0 Å². The van der Waals surface area contributed by atoms with Crippen LogP contribution in [0, 0.1) is 0 Å². The molecule has 0 N–H and O–H groups in total. The maximum atomic E-state index is 6.97. The van der Waals surface area contributed by atoms with Crippen LogP contribution in [0.4, 0.5) is 0 Å². The van der Waals surface area contributed by atoms with E-state index in [1.54, 1.807) is 0 Å². The minimum absolute atomic E-state index is 0.637. The van der Waals surface area contributed by atoms with Crippen molar-refractivity contribution in [2.45, 2.75) is 97.0 Å². The molecule has 1 fully saturated rings. The van der Waals surface area contributed by atoms with Crippen LogP contribution in [-0.2, 0) is 29.7 Å². The molecule has 180 valence electrons. The van der Waals surface area contributed by atoms with Gasteiger partial charge in [-0.05, 0) is 78.6 Å². The van der Waals surface area contributed by atoms with E-state index >= 15 is 0 Å². The Labute approximate surface area is 196 Å². The molecule has 1 heterocycles. The van der Waals surface area contributed by atoms with Crippen molar-refractivity contribution in [1.82, 2.24) is 0 Å². The first kappa shape index (κ1) is 29.5. The van der Waals surface area contributed by atoms with E-state index in [-0.39, 0.29) is 0 Å². The smallest absolute Gasteiger partial charge is 0.437 e. The molecule has 0 aromatic rings. The molecule has 0 aromatic heterocycles. The van der Waals surface area contributed by atoms with Crippen molar-refractivity contribution in [3.8, 4) is 0 Å². The summed E-state index contributed by atoms with van der Waals surface area (Å²) in [5, 5.41) is 0. The fourth-order valence-corrected chi connectivity index (χ4v) is 40.5. The second kappa shape index (κ2) is 12.2. The van der Waals surface area contributed by atoms with Crippen LogP contribution in [0.15, 0.2) is 0 Å². The fraction of sp³-hybridized carbons (Fsp3) is 1.00. The van der Waals surface area contributed by atoms with Gasteiger partial charge in [0.05, 0.1) is 0 Å². The van der Waals surface area contributed by atoms with Gasteiger partial charge in [-0.1, -0.05) is 0 Å². The topological polar surface area (TPSA) is 64.6 Å². The van der Waals surface area contributed by atoms with E-state index in [2.05, 4.69) is 78.6 Å². The average Bonchev–Trinajstić information content (AvgIpc) is 2.47. The third-order valence-electron chi connectivity index (χ3n) is 3.98. The molecule has 0 unspecified atom stereocenters. The molecule has 15 heteroatoms. The third kappa shape index (κ3) is 8.35. The van der Waals surface area contributed by atoms with Crippen LogP contribution in [0.2, 0.25) is 84.6 Å². The van der Waals surface area contributed by atoms with Gasteiger partial charge < -0.3 is 29.7 Å². The van der Waals surface area contributed by atoms with Gasteiger partial charge in [-0.15, -0.1) is 0 Å². The van der Waals surface area contributed by atoms with Crippen LogP contribution >= 0.6 is 0 Å². The number of hydrogen-bond acceptors (Lipinski definition) is 7. The molecular weight excluding hydrogens is 517 g/mol. The molecule has 0 atom stereocenters. The SMILES string of the molecule is C[SiH](C)OC1(O[SiH](C)C)CC[Si](O[SiH](C)C)(O[SiH](C)C)[Si](O[SiH](C)C)(O[SiH](C)C)O1. The van der Waals surface area contributed by atoms with Gasteiger partial charge in [0.15, 0.2) is 54.2 Å². The highest BCUT2D eigenvalue weighted by Gasteiger charge is 2.74. The standard InChI is InChI=1S/C15H46O7Si8/c1-23(2)16-15(17-24(3)4)13-14-29(19-25(5)6,20-26(7)8)30(18-15,21-27(9)10)22-28(11)12/h23-28H,13-14H2,1-12H3. The second-order valence-corrected chi connectivity index (χ2v) is 33.9. The minimum atomic E-state index is -3.30. The van der Waals surface area contributed by atoms with Gasteiger partial charge in [-0.3, -0.25) is 0 Å². The lowest BCUT2D eigenvalue weighted by Crippen LogP contribution is -2.80. The Bertz CT molecular complexity index is 491. The lowest BCUT2D eigenvalue weighted by atomic mass is 10.4. The molecule has 1 aliphatic heterocycles. The van der Waals surface area contributed by atoms with E-state index < -0.39 is 76.6 Å². The molecule has 0 bridgehead atoms. The zero-order chi connectivity index (χ0) is 23.3. The molecule has 7 nitrogen and oxygen atoms in total. The normalized spacial score (nSPS) is 21.0. The maximum absolute atomic E-state index is 6.97. The molecule has 0 aliphatic carbocycles. The summed E-state index contributed by atoms with van der Waals surface area (Å²) in [7, 11) is -14.9. The molecule has 0 amide bonds. The van der Waals surface area contributed by atoms with Gasteiger partial charge in [0.2, 0.25) is 0 Å². The lowest BCUT2D eigenvalue weighted by molar-refractivity contribution is -0.280. The Morgan fingerprint density at radius 3 is 1.23 bits per heavy atom. The summed E-state index contributed by atoms with van der Waals surface area (Å²) < 4.78 is 47.3. The van der Waals surface area contributed by atoms with Crippen LogP contribution < -0.4 is 0 Å². The molecule has 30 heavy (non-hydrogen) atoms. The van der Waals surface area contributed by atoms with Gasteiger partial charge in [-0.2, -0.15) is 0 Å². The molecule has 0 spiro atoms. The average molecular weight is 563 g/mol. The van der Waals surface area contributed by atoms with Gasteiger partial charge >= 0.3 is 16.4 Å². The van der Waals surface area contributed by atoms with Gasteiger partial charge in [-0.25, -0.2) is 0 Å². The Morgan fingerprint density at radius 2 is 0.933 bits per heavy atom. The first-order valence-electron chi connectivity index (χ1n) is 11.4. The van der Waals surface area contributed by atoms with Crippen LogP contribution in [0.5, 0.6) is 0 Å². The van der Waals surface area contributed by atoms with E-state index in [4.69, 9.17) is 29.7 Å². The molecule has 0 aromatic carbocycles. The first-order chi connectivity index (χ1) is 13.7. The summed E-state index contributed by atoms with van der Waals surface area (Å²) in [6, 6.07) is 0.764. The fourth-order valence-electron chi connectivity index (χ4n) is 3.64. The first-order valence-corrected chi connectivity index (χ1v) is 32.9. The lowest BCUT2D eigenvalue weighted by Gasteiger charge is -2.54. The van der Waals surface area contributed by atoms with Crippen molar-refractivity contribution >= 4 is 70.6 Å². The van der Waals surface area contributed by atoms with E-state index in [0.717, 1.165) is 6.04 Å². The van der Waals surface area contributed by atoms with Crippen LogP contribution in [-0.4, -0.2) is 76.6 Å². The summed E-state index contributed by atoms with van der Waals surface area (Å²) in [6.45, 7) is 26.1. The van der Waals surface area contributed by atoms with Crippen molar-refractivity contribution in [1.29, 1.82) is 0 Å². The summed E-state index contributed by atoms with van der Waals surface area (Å²) in [5.41, 5.74) is 0. The van der Waals surface area contributed by atoms with Crippen molar-refractivity contribution in [2.24, 2.45) is 0 Å². The monoisotopic (exact) mass is 562 g/mol. The molecular formula is C15H46O7Si8. The van der Waals surface area contributed by atoms with Crippen LogP contribution in [0.3, 0.4) is 0 Å². The Kier molecular flexibility index (Phi) is 12.0. The summed E-state index contributed by atoms with van der Waals surface area (Å²) in [5.74, 6) is -1.06. The van der Waals surface area contributed by atoms with Crippen LogP contribution in [0.25, 0.3) is 0 Å². The molecule has 1 saturated heterocycles. The van der Waals surface area contributed by atoms with Gasteiger partial charge in [0.25, 0.3) is 5.97 Å².